The number of aliphatic hydroxyl groups is 1. The first-order valence-electron chi connectivity index (χ1n) is 11.1. The topological polar surface area (TPSA) is 82.9 Å². The summed E-state index contributed by atoms with van der Waals surface area (Å²) < 4.78 is 1.89. The van der Waals surface area contributed by atoms with E-state index in [1.165, 1.54) is 0 Å². The summed E-state index contributed by atoms with van der Waals surface area (Å²) in [6.07, 6.45) is 1.82. The molecular formula is C27H22Cl2N4O2. The minimum Gasteiger partial charge on any atom is -0.395 e. The lowest BCUT2D eigenvalue weighted by atomic mass is 9.98. The van der Waals surface area contributed by atoms with Crippen LogP contribution in [0.4, 0.5) is 0 Å². The summed E-state index contributed by atoms with van der Waals surface area (Å²) in [5, 5.41) is 18.8. The summed E-state index contributed by atoms with van der Waals surface area (Å²) in [4.78, 5) is 16.4. The van der Waals surface area contributed by atoms with Crippen molar-refractivity contribution in [3.8, 4) is 22.4 Å². The number of nitrogens with zero attached hydrogens (tertiary/aromatic N) is 2. The molecule has 6 nitrogen and oxygen atoms in total. The number of aromatic nitrogens is 3. The predicted molar refractivity (Wildman–Crippen MR) is 140 cm³/mol. The van der Waals surface area contributed by atoms with E-state index in [-0.39, 0.29) is 19.1 Å². The molecule has 0 atom stereocenters. The molecule has 0 fully saturated rings. The second kappa shape index (κ2) is 9.96. The molecule has 0 bridgehead atoms. The molecule has 0 spiro atoms. The molecule has 0 radical (unpaired) electrons. The summed E-state index contributed by atoms with van der Waals surface area (Å²) >= 11 is 12.4. The van der Waals surface area contributed by atoms with Crippen LogP contribution in [0.3, 0.4) is 0 Å². The Morgan fingerprint density at radius 3 is 2.49 bits per heavy atom. The Bertz CT molecular complexity index is 1490. The molecule has 176 valence electrons. The van der Waals surface area contributed by atoms with E-state index < -0.39 is 0 Å². The van der Waals surface area contributed by atoms with Crippen molar-refractivity contribution in [2.45, 2.75) is 6.54 Å². The molecule has 35 heavy (non-hydrogen) atoms. The molecule has 0 saturated carbocycles. The molecule has 0 aliphatic carbocycles. The number of halogens is 2. The highest BCUT2D eigenvalue weighted by molar-refractivity contribution is 6.31. The highest BCUT2D eigenvalue weighted by atomic mass is 35.5. The molecule has 2 aromatic heterocycles. The third kappa shape index (κ3) is 4.68. The molecule has 5 aromatic rings. The SMILES string of the molecule is O=C(NCCO)c1[nH]c2cc(Cl)ccc2c1-c1c(-c2ccccc2)cnn1Cc1ccc(Cl)cc1. The van der Waals surface area contributed by atoms with Gasteiger partial charge in [-0.3, -0.25) is 9.48 Å². The van der Waals surface area contributed by atoms with Gasteiger partial charge in [-0.05, 0) is 35.4 Å². The lowest BCUT2D eigenvalue weighted by molar-refractivity contribution is 0.0941. The van der Waals surface area contributed by atoms with Gasteiger partial charge in [0.05, 0.1) is 25.0 Å². The van der Waals surface area contributed by atoms with Gasteiger partial charge in [0.1, 0.15) is 5.69 Å². The van der Waals surface area contributed by atoms with Crippen molar-refractivity contribution < 1.29 is 9.90 Å². The fourth-order valence-corrected chi connectivity index (χ4v) is 4.50. The molecule has 8 heteroatoms. The number of carbonyl (C=O) groups excluding carboxylic acids is 1. The lowest BCUT2D eigenvalue weighted by Gasteiger charge is -2.13. The van der Waals surface area contributed by atoms with E-state index in [1.54, 1.807) is 12.1 Å². The smallest absolute Gasteiger partial charge is 0.268 e. The summed E-state index contributed by atoms with van der Waals surface area (Å²) in [5.41, 5.74) is 5.53. The first kappa shape index (κ1) is 23.2. The van der Waals surface area contributed by atoms with Crippen molar-refractivity contribution in [2.75, 3.05) is 13.2 Å². The zero-order valence-corrected chi connectivity index (χ0v) is 20.1. The first-order chi connectivity index (χ1) is 17.0. The van der Waals surface area contributed by atoms with E-state index >= 15 is 0 Å². The summed E-state index contributed by atoms with van der Waals surface area (Å²) in [5.74, 6) is -0.320. The minimum absolute atomic E-state index is 0.143. The lowest BCUT2D eigenvalue weighted by Crippen LogP contribution is -2.27. The molecule has 3 aromatic carbocycles. The zero-order valence-electron chi connectivity index (χ0n) is 18.6. The monoisotopic (exact) mass is 504 g/mol. The van der Waals surface area contributed by atoms with Crippen molar-refractivity contribution in [1.29, 1.82) is 0 Å². The fraction of sp³-hybridized carbons (Fsp3) is 0.111. The summed E-state index contributed by atoms with van der Waals surface area (Å²) in [6.45, 7) is 0.470. The summed E-state index contributed by atoms with van der Waals surface area (Å²) in [6, 6.07) is 23.1. The largest absolute Gasteiger partial charge is 0.395 e. The van der Waals surface area contributed by atoms with Crippen LogP contribution < -0.4 is 5.32 Å². The van der Waals surface area contributed by atoms with Crippen LogP contribution in [-0.4, -0.2) is 38.9 Å². The molecular weight excluding hydrogens is 483 g/mol. The molecule has 0 aliphatic heterocycles. The Hall–Kier alpha value is -3.58. The van der Waals surface area contributed by atoms with Crippen molar-refractivity contribution in [3.63, 3.8) is 0 Å². The number of carbonyl (C=O) groups is 1. The number of benzene rings is 3. The Labute approximate surface area is 212 Å². The van der Waals surface area contributed by atoms with Crippen molar-refractivity contribution in [1.82, 2.24) is 20.1 Å². The van der Waals surface area contributed by atoms with Crippen LogP contribution in [0.2, 0.25) is 10.0 Å². The van der Waals surface area contributed by atoms with Crippen molar-refractivity contribution in [3.05, 3.63) is 100 Å². The number of fused-ring (bicyclic) bond motifs is 1. The standard InChI is InChI=1S/C27H22Cl2N4O2/c28-19-8-6-17(7-9-19)16-33-26(22(15-31-33)18-4-2-1-3-5-18)24-21-11-10-20(29)14-23(21)32-25(24)27(35)30-12-13-34/h1-11,14-15,32,34H,12-13,16H2,(H,30,35). The van der Waals surface area contributed by atoms with E-state index in [0.29, 0.717) is 22.3 Å². The highest BCUT2D eigenvalue weighted by Gasteiger charge is 2.25. The van der Waals surface area contributed by atoms with Crippen LogP contribution in [0.25, 0.3) is 33.3 Å². The Morgan fingerprint density at radius 1 is 1.00 bits per heavy atom. The van der Waals surface area contributed by atoms with Gasteiger partial charge >= 0.3 is 0 Å². The van der Waals surface area contributed by atoms with Crippen molar-refractivity contribution in [2.24, 2.45) is 0 Å². The average Bonchev–Trinajstić information content (AvgIpc) is 3.45. The number of nitrogens with one attached hydrogen (secondary N) is 2. The maximum atomic E-state index is 13.2. The third-order valence-corrected chi connectivity index (χ3v) is 6.28. The molecule has 1 amide bonds. The maximum Gasteiger partial charge on any atom is 0.268 e. The minimum atomic E-state index is -0.320. The zero-order chi connectivity index (χ0) is 24.4. The van der Waals surface area contributed by atoms with Crippen LogP contribution in [0, 0.1) is 0 Å². The van der Waals surface area contributed by atoms with Crippen LogP contribution in [-0.2, 0) is 6.54 Å². The molecule has 0 aliphatic rings. The average molecular weight is 505 g/mol. The fourth-order valence-electron chi connectivity index (χ4n) is 4.20. The van der Waals surface area contributed by atoms with Gasteiger partial charge in [0.15, 0.2) is 0 Å². The second-order valence-corrected chi connectivity index (χ2v) is 8.97. The van der Waals surface area contributed by atoms with Crippen LogP contribution in [0.1, 0.15) is 16.1 Å². The number of hydrogen-bond donors (Lipinski definition) is 3. The quantitative estimate of drug-likeness (QED) is 0.263. The Morgan fingerprint density at radius 2 is 1.74 bits per heavy atom. The van der Waals surface area contributed by atoms with E-state index in [1.807, 2.05) is 71.5 Å². The number of hydrogen-bond acceptors (Lipinski definition) is 3. The molecule has 3 N–H and O–H groups in total. The van der Waals surface area contributed by atoms with Gasteiger partial charge in [0.25, 0.3) is 5.91 Å². The van der Waals surface area contributed by atoms with Gasteiger partial charge in [0.2, 0.25) is 0 Å². The van der Waals surface area contributed by atoms with Crippen LogP contribution in [0.5, 0.6) is 0 Å². The summed E-state index contributed by atoms with van der Waals surface area (Å²) in [7, 11) is 0. The predicted octanol–water partition coefficient (Wildman–Crippen LogP) is 5.78. The molecule has 2 heterocycles. The van der Waals surface area contributed by atoms with E-state index in [4.69, 9.17) is 28.3 Å². The van der Waals surface area contributed by atoms with Gasteiger partial charge in [0, 0.05) is 38.6 Å². The van der Waals surface area contributed by atoms with Gasteiger partial charge in [-0.2, -0.15) is 5.10 Å². The van der Waals surface area contributed by atoms with E-state index in [2.05, 4.69) is 10.3 Å². The Kier molecular flexibility index (Phi) is 6.59. The normalized spacial score (nSPS) is 11.2. The number of H-pyrrole nitrogens is 1. The van der Waals surface area contributed by atoms with Crippen LogP contribution in [0.15, 0.2) is 79.0 Å². The number of aromatic amines is 1. The van der Waals surface area contributed by atoms with Gasteiger partial charge in [-0.15, -0.1) is 0 Å². The number of aliphatic hydroxyl groups excluding tert-OH is 1. The molecule has 5 rings (SSSR count). The van der Waals surface area contributed by atoms with E-state index in [9.17, 15) is 9.90 Å². The molecule has 0 unspecified atom stereocenters. The van der Waals surface area contributed by atoms with E-state index in [0.717, 1.165) is 38.9 Å². The third-order valence-electron chi connectivity index (χ3n) is 5.79. The van der Waals surface area contributed by atoms with Gasteiger partial charge < -0.3 is 15.4 Å². The van der Waals surface area contributed by atoms with Gasteiger partial charge in [-0.1, -0.05) is 71.7 Å². The Balaban J connectivity index is 1.76. The first-order valence-corrected chi connectivity index (χ1v) is 11.9. The number of amides is 1. The maximum absolute atomic E-state index is 13.2. The van der Waals surface area contributed by atoms with Gasteiger partial charge in [-0.25, -0.2) is 0 Å². The molecule has 0 saturated heterocycles. The second-order valence-electron chi connectivity index (χ2n) is 8.10. The van der Waals surface area contributed by atoms with Crippen molar-refractivity contribution >= 4 is 40.0 Å². The van der Waals surface area contributed by atoms with Crippen LogP contribution >= 0.6 is 23.2 Å². The number of rotatable bonds is 7. The highest BCUT2D eigenvalue weighted by Crippen LogP contribution is 2.39.